The third kappa shape index (κ3) is 4.55. The second kappa shape index (κ2) is 8.20. The summed E-state index contributed by atoms with van der Waals surface area (Å²) in [6.07, 6.45) is 2.10. The lowest BCUT2D eigenvalue weighted by atomic mass is 10.0. The van der Waals surface area contributed by atoms with E-state index >= 15 is 0 Å². The van der Waals surface area contributed by atoms with E-state index in [1.165, 1.54) is 6.20 Å². The number of hydrogen-bond acceptors (Lipinski definition) is 5. The molecule has 8 heteroatoms. The van der Waals surface area contributed by atoms with Crippen molar-refractivity contribution >= 4 is 28.4 Å². The number of aromatic amines is 1. The van der Waals surface area contributed by atoms with Crippen molar-refractivity contribution in [2.75, 3.05) is 19.6 Å². The fourth-order valence-corrected chi connectivity index (χ4v) is 3.71. The third-order valence-corrected chi connectivity index (χ3v) is 5.48. The van der Waals surface area contributed by atoms with E-state index in [1.807, 2.05) is 29.2 Å². The average molecular weight is 428 g/mol. The summed E-state index contributed by atoms with van der Waals surface area (Å²) >= 11 is 5.87. The van der Waals surface area contributed by atoms with Crippen LogP contribution in [0, 0.1) is 0 Å². The molecule has 7 nitrogen and oxygen atoms in total. The van der Waals surface area contributed by atoms with Crippen LogP contribution in [0.4, 0.5) is 0 Å². The molecule has 4 N–H and O–H groups in total. The van der Waals surface area contributed by atoms with E-state index in [-0.39, 0.29) is 24.1 Å². The van der Waals surface area contributed by atoms with Crippen LogP contribution in [0.25, 0.3) is 10.9 Å². The van der Waals surface area contributed by atoms with Crippen molar-refractivity contribution in [3.05, 3.63) is 80.6 Å². The number of carbonyl (C=O) groups is 1. The van der Waals surface area contributed by atoms with Gasteiger partial charge in [-0.2, -0.15) is 0 Å². The number of rotatable bonds is 6. The Morgan fingerprint density at radius 2 is 1.83 bits per heavy atom. The van der Waals surface area contributed by atoms with Crippen molar-refractivity contribution in [3.8, 4) is 0 Å². The summed E-state index contributed by atoms with van der Waals surface area (Å²) in [7, 11) is 0. The number of nitrogens with one attached hydrogen (secondary N) is 2. The smallest absolute Gasteiger partial charge is 0.257 e. The standard InChI is InChI=1S/C22H22ClN3O4/c23-16-4-1-15(2-5-16)10-25-21(28)18-11-24-19-6-3-14(9-17(19)20(18)27)7-8-26-12-22(29,30)13-26/h1-6,9,11,29-30H,7-8,10,12-13H2,(H,24,27)(H,25,28). The summed E-state index contributed by atoms with van der Waals surface area (Å²) in [5.41, 5.74) is 2.22. The number of benzene rings is 2. The number of carbonyl (C=O) groups excluding carboxylic acids is 1. The zero-order chi connectivity index (χ0) is 21.3. The highest BCUT2D eigenvalue weighted by Gasteiger charge is 2.38. The van der Waals surface area contributed by atoms with E-state index in [2.05, 4.69) is 10.3 Å². The summed E-state index contributed by atoms with van der Waals surface area (Å²) in [4.78, 5) is 30.4. The topological polar surface area (TPSA) is 106 Å². The largest absolute Gasteiger partial charge is 0.364 e. The quantitative estimate of drug-likeness (QED) is 0.448. The van der Waals surface area contributed by atoms with Gasteiger partial charge in [-0.05, 0) is 41.8 Å². The van der Waals surface area contributed by atoms with Gasteiger partial charge in [0.2, 0.25) is 5.43 Å². The molecule has 1 aliphatic rings. The van der Waals surface area contributed by atoms with E-state index in [9.17, 15) is 19.8 Å². The molecule has 4 rings (SSSR count). The number of amides is 1. The first-order chi connectivity index (χ1) is 14.3. The Bertz CT molecular complexity index is 1130. The van der Waals surface area contributed by atoms with E-state index in [0.29, 0.717) is 35.4 Å². The lowest BCUT2D eigenvalue weighted by molar-refractivity contribution is -0.242. The average Bonchev–Trinajstić information content (AvgIpc) is 2.70. The molecule has 30 heavy (non-hydrogen) atoms. The lowest BCUT2D eigenvalue weighted by Gasteiger charge is -2.42. The summed E-state index contributed by atoms with van der Waals surface area (Å²) in [5.74, 6) is -2.03. The van der Waals surface area contributed by atoms with Gasteiger partial charge in [0, 0.05) is 35.2 Å². The molecule has 2 aromatic carbocycles. The molecular formula is C22H22ClN3O4. The predicted octanol–water partition coefficient (Wildman–Crippen LogP) is 1.65. The van der Waals surface area contributed by atoms with Crippen molar-refractivity contribution in [3.63, 3.8) is 0 Å². The van der Waals surface area contributed by atoms with Crippen molar-refractivity contribution in [1.29, 1.82) is 0 Å². The van der Waals surface area contributed by atoms with Crippen molar-refractivity contribution in [2.24, 2.45) is 0 Å². The first-order valence-electron chi connectivity index (χ1n) is 9.65. The molecule has 2 heterocycles. The van der Waals surface area contributed by atoms with Gasteiger partial charge in [-0.25, -0.2) is 0 Å². The molecule has 0 atom stereocenters. The Morgan fingerprint density at radius 3 is 2.53 bits per heavy atom. The fourth-order valence-electron chi connectivity index (χ4n) is 3.58. The van der Waals surface area contributed by atoms with Crippen LogP contribution in [0.1, 0.15) is 21.5 Å². The van der Waals surface area contributed by atoms with E-state index in [1.54, 1.807) is 18.2 Å². The maximum Gasteiger partial charge on any atom is 0.257 e. The van der Waals surface area contributed by atoms with Gasteiger partial charge in [0.05, 0.1) is 13.1 Å². The summed E-state index contributed by atoms with van der Waals surface area (Å²) in [5, 5.41) is 22.6. The molecule has 0 radical (unpaired) electrons. The number of hydrogen-bond donors (Lipinski definition) is 4. The summed E-state index contributed by atoms with van der Waals surface area (Å²) in [6.45, 7) is 1.40. The highest BCUT2D eigenvalue weighted by molar-refractivity contribution is 6.30. The number of β-amino-alcohol motifs (C(OH)–C–C–N with tert-alkyl or cyclic N) is 2. The molecule has 0 aliphatic carbocycles. The van der Waals surface area contributed by atoms with E-state index in [4.69, 9.17) is 11.6 Å². The van der Waals surface area contributed by atoms with Crippen molar-refractivity contribution < 1.29 is 15.0 Å². The Kier molecular flexibility index (Phi) is 5.62. The van der Waals surface area contributed by atoms with Crippen LogP contribution in [-0.4, -0.2) is 51.4 Å². The number of nitrogens with zero attached hydrogens (tertiary/aromatic N) is 1. The highest BCUT2D eigenvalue weighted by Crippen LogP contribution is 2.18. The number of pyridine rings is 1. The summed E-state index contributed by atoms with van der Waals surface area (Å²) in [6, 6.07) is 12.6. The molecule has 1 aromatic heterocycles. The fraction of sp³-hybridized carbons (Fsp3) is 0.273. The van der Waals surface area contributed by atoms with Crippen molar-refractivity contribution in [2.45, 2.75) is 18.8 Å². The van der Waals surface area contributed by atoms with Gasteiger partial charge in [0.25, 0.3) is 5.91 Å². The third-order valence-electron chi connectivity index (χ3n) is 5.23. The molecule has 1 amide bonds. The summed E-state index contributed by atoms with van der Waals surface area (Å²) < 4.78 is 0. The zero-order valence-electron chi connectivity index (χ0n) is 16.2. The van der Waals surface area contributed by atoms with Gasteiger partial charge in [0.1, 0.15) is 5.56 Å². The number of halogens is 1. The van der Waals surface area contributed by atoms with Crippen LogP contribution in [0.15, 0.2) is 53.5 Å². The van der Waals surface area contributed by atoms with Crippen LogP contribution < -0.4 is 10.7 Å². The van der Waals surface area contributed by atoms with Gasteiger partial charge in [0.15, 0.2) is 5.79 Å². The molecule has 1 saturated heterocycles. The Labute approximate surface area is 177 Å². The Balaban J connectivity index is 1.47. The molecule has 3 aromatic rings. The first kappa shape index (κ1) is 20.6. The van der Waals surface area contributed by atoms with E-state index < -0.39 is 11.7 Å². The molecule has 1 aliphatic heterocycles. The SMILES string of the molecule is O=C(NCc1ccc(Cl)cc1)c1c[nH]c2ccc(CCN3CC(O)(O)C3)cc2c1=O. The van der Waals surface area contributed by atoms with Gasteiger partial charge < -0.3 is 20.5 Å². The molecular weight excluding hydrogens is 406 g/mol. The predicted molar refractivity (Wildman–Crippen MR) is 115 cm³/mol. The number of aromatic nitrogens is 1. The number of H-pyrrole nitrogens is 1. The second-order valence-electron chi connectivity index (χ2n) is 7.66. The minimum Gasteiger partial charge on any atom is -0.364 e. The Hall–Kier alpha value is -2.71. The minimum atomic E-state index is -1.59. The molecule has 0 spiro atoms. The first-order valence-corrected chi connectivity index (χ1v) is 10.0. The van der Waals surface area contributed by atoms with Crippen LogP contribution >= 0.6 is 11.6 Å². The van der Waals surface area contributed by atoms with E-state index in [0.717, 1.165) is 11.1 Å². The highest BCUT2D eigenvalue weighted by atomic mass is 35.5. The van der Waals surface area contributed by atoms with Crippen molar-refractivity contribution in [1.82, 2.24) is 15.2 Å². The maximum atomic E-state index is 12.9. The maximum absolute atomic E-state index is 12.9. The molecule has 1 fully saturated rings. The van der Waals surface area contributed by atoms with Crippen LogP contribution in [0.5, 0.6) is 0 Å². The lowest BCUT2D eigenvalue weighted by Crippen LogP contribution is -2.61. The zero-order valence-corrected chi connectivity index (χ0v) is 16.9. The van der Waals surface area contributed by atoms with Crippen LogP contribution in [0.3, 0.4) is 0 Å². The van der Waals surface area contributed by atoms with Gasteiger partial charge in [-0.3, -0.25) is 14.5 Å². The molecule has 0 unspecified atom stereocenters. The number of fused-ring (bicyclic) bond motifs is 1. The van der Waals surface area contributed by atoms with Gasteiger partial charge >= 0.3 is 0 Å². The molecule has 0 saturated carbocycles. The monoisotopic (exact) mass is 427 g/mol. The number of aliphatic hydroxyl groups is 2. The van der Waals surface area contributed by atoms with Crippen LogP contribution in [-0.2, 0) is 13.0 Å². The normalized spacial score (nSPS) is 15.7. The Morgan fingerprint density at radius 1 is 1.13 bits per heavy atom. The molecule has 0 bridgehead atoms. The second-order valence-corrected chi connectivity index (χ2v) is 8.10. The number of likely N-dealkylation sites (tertiary alicyclic amines) is 1. The molecule has 156 valence electrons. The van der Waals surface area contributed by atoms with Crippen LogP contribution in [0.2, 0.25) is 5.02 Å². The van der Waals surface area contributed by atoms with Gasteiger partial charge in [-0.1, -0.05) is 29.8 Å². The van der Waals surface area contributed by atoms with Gasteiger partial charge in [-0.15, -0.1) is 0 Å². The minimum absolute atomic E-state index is 0.0571.